The number of nitrogens with zero attached hydrogens (tertiary/aromatic N) is 2. The first kappa shape index (κ1) is 20.8. The van der Waals surface area contributed by atoms with E-state index in [4.69, 9.17) is 0 Å². The second-order valence-corrected chi connectivity index (χ2v) is 6.75. The highest BCUT2D eigenvalue weighted by atomic mass is 19.4. The number of benzene rings is 2. The summed E-state index contributed by atoms with van der Waals surface area (Å²) in [6.07, 6.45) is -4.75. The Morgan fingerprint density at radius 3 is 2.28 bits per heavy atom. The van der Waals surface area contributed by atoms with Crippen molar-refractivity contribution >= 4 is 17.3 Å². The van der Waals surface area contributed by atoms with E-state index in [0.29, 0.717) is 31.9 Å². The number of ether oxygens (including phenoxy) is 1. The zero-order valence-corrected chi connectivity index (χ0v) is 15.8. The number of carbonyl (C=O) groups excluding carboxylic acids is 1. The van der Waals surface area contributed by atoms with E-state index in [1.807, 2.05) is 17.0 Å². The van der Waals surface area contributed by atoms with Gasteiger partial charge in [-0.2, -0.15) is 0 Å². The van der Waals surface area contributed by atoms with Crippen molar-refractivity contribution in [1.29, 1.82) is 0 Å². The van der Waals surface area contributed by atoms with Crippen molar-refractivity contribution in [2.75, 3.05) is 36.4 Å². The number of anilines is 2. The molecule has 1 aliphatic heterocycles. The molecule has 1 amide bonds. The lowest BCUT2D eigenvalue weighted by atomic mass is 10.2. The van der Waals surface area contributed by atoms with Crippen LogP contribution in [0.5, 0.6) is 11.5 Å². The summed E-state index contributed by atoms with van der Waals surface area (Å²) < 4.78 is 40.4. The van der Waals surface area contributed by atoms with Crippen LogP contribution in [0.2, 0.25) is 0 Å². The first-order valence-electron chi connectivity index (χ1n) is 9.16. The van der Waals surface area contributed by atoms with Crippen LogP contribution < -0.4 is 15.0 Å². The average molecular weight is 409 g/mol. The van der Waals surface area contributed by atoms with Crippen molar-refractivity contribution in [3.8, 4) is 11.5 Å². The van der Waals surface area contributed by atoms with Crippen LogP contribution in [-0.2, 0) is 4.79 Å². The van der Waals surface area contributed by atoms with Gasteiger partial charge in [0.1, 0.15) is 11.5 Å². The van der Waals surface area contributed by atoms with Crippen LogP contribution in [0.15, 0.2) is 48.5 Å². The maximum atomic E-state index is 12.5. The molecule has 29 heavy (non-hydrogen) atoms. The molecule has 156 valence electrons. The number of nitrogens with one attached hydrogen (secondary N) is 1. The van der Waals surface area contributed by atoms with Crippen LogP contribution in [0, 0.1) is 0 Å². The number of alkyl halides is 3. The van der Waals surface area contributed by atoms with Gasteiger partial charge in [-0.3, -0.25) is 9.69 Å². The molecule has 6 nitrogen and oxygen atoms in total. The SMILES string of the molecule is CC(C(=O)Nc1ccc(OC(F)(F)F)cc1)N1CCN(c2ccccc2O)CC1. The minimum absolute atomic E-state index is 0.227. The number of aromatic hydroxyl groups is 1. The van der Waals surface area contributed by atoms with Gasteiger partial charge in [0.15, 0.2) is 0 Å². The van der Waals surface area contributed by atoms with E-state index >= 15 is 0 Å². The van der Waals surface area contributed by atoms with Gasteiger partial charge in [-0.05, 0) is 43.3 Å². The molecule has 0 saturated carbocycles. The van der Waals surface area contributed by atoms with Crippen LogP contribution in [0.1, 0.15) is 6.92 Å². The van der Waals surface area contributed by atoms with Gasteiger partial charge < -0.3 is 20.1 Å². The second kappa shape index (κ2) is 8.60. The molecule has 9 heteroatoms. The number of halogens is 3. The minimum atomic E-state index is -4.75. The Labute approximate surface area is 166 Å². The van der Waals surface area contributed by atoms with Gasteiger partial charge >= 0.3 is 6.36 Å². The Morgan fingerprint density at radius 1 is 1.07 bits per heavy atom. The number of carbonyl (C=O) groups is 1. The Kier molecular flexibility index (Phi) is 6.17. The van der Waals surface area contributed by atoms with E-state index in [1.165, 1.54) is 12.1 Å². The van der Waals surface area contributed by atoms with Crippen molar-refractivity contribution in [2.45, 2.75) is 19.3 Å². The molecule has 2 aromatic carbocycles. The Morgan fingerprint density at radius 2 is 1.69 bits per heavy atom. The zero-order valence-electron chi connectivity index (χ0n) is 15.8. The van der Waals surface area contributed by atoms with Gasteiger partial charge in [-0.1, -0.05) is 12.1 Å². The minimum Gasteiger partial charge on any atom is -0.506 e. The lowest BCUT2D eigenvalue weighted by molar-refractivity contribution is -0.274. The van der Waals surface area contributed by atoms with Gasteiger partial charge in [0.2, 0.25) is 5.91 Å². The first-order chi connectivity index (χ1) is 13.7. The zero-order chi connectivity index (χ0) is 21.0. The summed E-state index contributed by atoms with van der Waals surface area (Å²) in [5, 5.41) is 12.7. The summed E-state index contributed by atoms with van der Waals surface area (Å²) in [6.45, 7) is 4.39. The van der Waals surface area contributed by atoms with Gasteiger partial charge in [0.25, 0.3) is 0 Å². The monoisotopic (exact) mass is 409 g/mol. The highest BCUT2D eigenvalue weighted by Gasteiger charge is 2.31. The fourth-order valence-corrected chi connectivity index (χ4v) is 3.23. The number of hydrogen-bond donors (Lipinski definition) is 2. The fourth-order valence-electron chi connectivity index (χ4n) is 3.23. The van der Waals surface area contributed by atoms with E-state index in [2.05, 4.69) is 15.0 Å². The number of phenolic OH excluding ortho intramolecular Hbond substituents is 1. The fraction of sp³-hybridized carbons (Fsp3) is 0.350. The maximum Gasteiger partial charge on any atom is 0.573 e. The number of hydrogen-bond acceptors (Lipinski definition) is 5. The molecule has 0 aromatic heterocycles. The molecule has 1 fully saturated rings. The largest absolute Gasteiger partial charge is 0.573 e. The molecule has 2 N–H and O–H groups in total. The second-order valence-electron chi connectivity index (χ2n) is 6.75. The predicted molar refractivity (Wildman–Crippen MR) is 103 cm³/mol. The first-order valence-corrected chi connectivity index (χ1v) is 9.16. The van der Waals surface area contributed by atoms with Gasteiger partial charge in [0.05, 0.1) is 11.7 Å². The quantitative estimate of drug-likeness (QED) is 0.792. The standard InChI is InChI=1S/C20H22F3N3O3/c1-14(19(28)24-15-6-8-16(9-7-15)29-20(21,22)23)25-10-12-26(13-11-25)17-4-2-3-5-18(17)27/h2-9,14,27H,10-13H2,1H3,(H,24,28). The molecule has 1 atom stereocenters. The Hall–Kier alpha value is -2.94. The number of piperazine rings is 1. The Balaban J connectivity index is 1.52. The highest BCUT2D eigenvalue weighted by Crippen LogP contribution is 2.28. The van der Waals surface area contributed by atoms with E-state index < -0.39 is 12.4 Å². The number of rotatable bonds is 5. The molecule has 0 bridgehead atoms. The van der Waals surface area contributed by atoms with E-state index in [1.54, 1.807) is 19.1 Å². The van der Waals surface area contributed by atoms with Crippen molar-refractivity contribution in [3.63, 3.8) is 0 Å². The van der Waals surface area contributed by atoms with Crippen molar-refractivity contribution in [3.05, 3.63) is 48.5 Å². The smallest absolute Gasteiger partial charge is 0.506 e. The van der Waals surface area contributed by atoms with Crippen molar-refractivity contribution in [2.24, 2.45) is 0 Å². The molecule has 1 unspecified atom stereocenters. The van der Waals surface area contributed by atoms with Crippen LogP contribution in [0.25, 0.3) is 0 Å². The summed E-state index contributed by atoms with van der Waals surface area (Å²) in [5.41, 5.74) is 1.16. The third-order valence-electron chi connectivity index (χ3n) is 4.82. The normalized spacial score (nSPS) is 16.3. The predicted octanol–water partition coefficient (Wildman–Crippen LogP) is 3.44. The van der Waals surface area contributed by atoms with Crippen LogP contribution in [0.3, 0.4) is 0 Å². The third kappa shape index (κ3) is 5.54. The van der Waals surface area contributed by atoms with E-state index in [0.717, 1.165) is 17.8 Å². The average Bonchev–Trinajstić information content (AvgIpc) is 2.68. The molecule has 3 rings (SSSR count). The topological polar surface area (TPSA) is 65.0 Å². The highest BCUT2D eigenvalue weighted by molar-refractivity contribution is 5.94. The molecule has 1 aliphatic rings. The lowest BCUT2D eigenvalue weighted by Gasteiger charge is -2.38. The number of phenols is 1. The van der Waals surface area contributed by atoms with E-state index in [-0.39, 0.29) is 17.4 Å². The molecule has 0 radical (unpaired) electrons. The van der Waals surface area contributed by atoms with Crippen molar-refractivity contribution < 1.29 is 27.8 Å². The van der Waals surface area contributed by atoms with Gasteiger partial charge in [-0.25, -0.2) is 0 Å². The van der Waals surface area contributed by atoms with Gasteiger partial charge in [-0.15, -0.1) is 13.2 Å². The molecular formula is C20H22F3N3O3. The molecule has 1 saturated heterocycles. The third-order valence-corrected chi connectivity index (χ3v) is 4.82. The van der Waals surface area contributed by atoms with Crippen LogP contribution >= 0.6 is 0 Å². The molecule has 0 spiro atoms. The maximum absolute atomic E-state index is 12.5. The molecule has 1 heterocycles. The van der Waals surface area contributed by atoms with Gasteiger partial charge in [0, 0.05) is 31.9 Å². The summed E-state index contributed by atoms with van der Waals surface area (Å²) in [5.74, 6) is -0.362. The summed E-state index contributed by atoms with van der Waals surface area (Å²) in [7, 11) is 0. The molecule has 2 aromatic rings. The van der Waals surface area contributed by atoms with Crippen molar-refractivity contribution in [1.82, 2.24) is 4.90 Å². The van der Waals surface area contributed by atoms with Crippen LogP contribution in [0.4, 0.5) is 24.5 Å². The summed E-state index contributed by atoms with van der Waals surface area (Å²) in [4.78, 5) is 16.6. The lowest BCUT2D eigenvalue weighted by Crippen LogP contribution is -2.52. The molecular weight excluding hydrogens is 387 g/mol. The summed E-state index contributed by atoms with van der Waals surface area (Å²) in [6, 6.07) is 11.7. The number of para-hydroxylation sites is 2. The van der Waals surface area contributed by atoms with E-state index in [9.17, 15) is 23.1 Å². The summed E-state index contributed by atoms with van der Waals surface area (Å²) >= 11 is 0. The molecule has 0 aliphatic carbocycles. The van der Waals surface area contributed by atoms with Crippen LogP contribution in [-0.4, -0.2) is 54.5 Å². The Bertz CT molecular complexity index is 835. The number of amides is 1.